The number of rotatable bonds is 8. The summed E-state index contributed by atoms with van der Waals surface area (Å²) in [6, 6.07) is 0. The van der Waals surface area contributed by atoms with Crippen molar-refractivity contribution in [3.05, 3.63) is 0 Å². The van der Waals surface area contributed by atoms with Crippen molar-refractivity contribution in [1.29, 1.82) is 0 Å². The van der Waals surface area contributed by atoms with Crippen LogP contribution in [0.25, 0.3) is 0 Å². The van der Waals surface area contributed by atoms with Gasteiger partial charge < -0.3 is 15.5 Å². The summed E-state index contributed by atoms with van der Waals surface area (Å²) in [6.07, 6.45) is 7.90. The van der Waals surface area contributed by atoms with Gasteiger partial charge in [-0.1, -0.05) is 39.5 Å². The third-order valence-electron chi connectivity index (χ3n) is 4.74. The standard InChI is InChI=1S/C18H36N4O.HI/c1-15(2)10-6-9-13-20-17(19-3)21-14-18(11-7-8-12-18)16(23)22(4)5;/h15H,6-14H2,1-5H3,(H2,19,20,21);1H. The molecular weight excluding hydrogens is 415 g/mol. The zero-order valence-electron chi connectivity index (χ0n) is 16.2. The highest BCUT2D eigenvalue weighted by molar-refractivity contribution is 14.0. The zero-order valence-corrected chi connectivity index (χ0v) is 18.5. The van der Waals surface area contributed by atoms with Gasteiger partial charge >= 0.3 is 0 Å². The van der Waals surface area contributed by atoms with Gasteiger partial charge in [-0.05, 0) is 25.2 Å². The van der Waals surface area contributed by atoms with Crippen LogP contribution >= 0.6 is 24.0 Å². The number of hydrogen-bond acceptors (Lipinski definition) is 2. The molecule has 6 heteroatoms. The smallest absolute Gasteiger partial charge is 0.230 e. The summed E-state index contributed by atoms with van der Waals surface area (Å²) in [5.41, 5.74) is -0.251. The van der Waals surface area contributed by atoms with Gasteiger partial charge in [0.25, 0.3) is 0 Å². The summed E-state index contributed by atoms with van der Waals surface area (Å²) in [4.78, 5) is 18.6. The third kappa shape index (κ3) is 7.57. The van der Waals surface area contributed by atoms with Gasteiger partial charge in [0.1, 0.15) is 0 Å². The fraction of sp³-hybridized carbons (Fsp3) is 0.889. The van der Waals surface area contributed by atoms with Gasteiger partial charge in [-0.15, -0.1) is 24.0 Å². The number of guanidine groups is 1. The first-order chi connectivity index (χ1) is 10.9. The molecule has 24 heavy (non-hydrogen) atoms. The molecule has 142 valence electrons. The Hall–Kier alpha value is -0.530. The molecule has 1 amide bonds. The van der Waals surface area contributed by atoms with Crippen LogP contribution in [0.1, 0.15) is 58.8 Å². The number of nitrogens with one attached hydrogen (secondary N) is 2. The predicted molar refractivity (Wildman–Crippen MR) is 113 cm³/mol. The van der Waals surface area contributed by atoms with Crippen LogP contribution in [0.2, 0.25) is 0 Å². The Morgan fingerprint density at radius 3 is 2.29 bits per heavy atom. The summed E-state index contributed by atoms with van der Waals surface area (Å²) >= 11 is 0. The Morgan fingerprint density at radius 1 is 1.17 bits per heavy atom. The number of amides is 1. The first kappa shape index (κ1) is 23.5. The van der Waals surface area contributed by atoms with Crippen molar-refractivity contribution in [2.75, 3.05) is 34.2 Å². The number of carbonyl (C=O) groups is 1. The number of carbonyl (C=O) groups excluding carboxylic acids is 1. The Balaban J connectivity index is 0.00000529. The quantitative estimate of drug-likeness (QED) is 0.257. The molecule has 1 saturated carbocycles. The van der Waals surface area contributed by atoms with Crippen LogP contribution < -0.4 is 10.6 Å². The van der Waals surface area contributed by atoms with Crippen molar-refractivity contribution < 1.29 is 4.79 Å². The highest BCUT2D eigenvalue weighted by Gasteiger charge is 2.42. The molecule has 1 fully saturated rings. The number of nitrogens with zero attached hydrogens (tertiary/aromatic N) is 2. The van der Waals surface area contributed by atoms with Crippen LogP contribution in [0, 0.1) is 11.3 Å². The fourth-order valence-electron chi connectivity index (χ4n) is 3.35. The molecule has 0 atom stereocenters. The normalized spacial score (nSPS) is 16.7. The maximum atomic E-state index is 12.6. The van der Waals surface area contributed by atoms with Crippen LogP contribution in [0.4, 0.5) is 0 Å². The lowest BCUT2D eigenvalue weighted by Crippen LogP contribution is -2.49. The van der Waals surface area contributed by atoms with Crippen LogP contribution in [0.15, 0.2) is 4.99 Å². The van der Waals surface area contributed by atoms with E-state index in [1.54, 1.807) is 11.9 Å². The maximum Gasteiger partial charge on any atom is 0.230 e. The summed E-state index contributed by atoms with van der Waals surface area (Å²) in [6.45, 7) is 6.13. The molecule has 0 saturated heterocycles. The Morgan fingerprint density at radius 2 is 1.79 bits per heavy atom. The van der Waals surface area contributed by atoms with Crippen molar-refractivity contribution in [1.82, 2.24) is 15.5 Å². The first-order valence-electron chi connectivity index (χ1n) is 9.07. The van der Waals surface area contributed by atoms with E-state index in [4.69, 9.17) is 0 Å². The number of hydrogen-bond donors (Lipinski definition) is 2. The topological polar surface area (TPSA) is 56.7 Å². The second kappa shape index (κ2) is 11.9. The number of aliphatic imine (C=N–C) groups is 1. The highest BCUT2D eigenvalue weighted by Crippen LogP contribution is 2.38. The van der Waals surface area contributed by atoms with Crippen molar-refractivity contribution in [2.45, 2.75) is 58.8 Å². The average molecular weight is 452 g/mol. The van der Waals surface area contributed by atoms with Gasteiger partial charge in [-0.25, -0.2) is 0 Å². The molecule has 0 heterocycles. The zero-order chi connectivity index (χ0) is 17.3. The van der Waals surface area contributed by atoms with Gasteiger partial charge in [0, 0.05) is 34.2 Å². The van der Waals surface area contributed by atoms with E-state index in [1.807, 2.05) is 14.1 Å². The summed E-state index contributed by atoms with van der Waals surface area (Å²) in [7, 11) is 5.49. The van der Waals surface area contributed by atoms with Crippen LogP contribution in [-0.4, -0.2) is 51.0 Å². The molecule has 0 aromatic heterocycles. The van der Waals surface area contributed by atoms with Gasteiger partial charge in [-0.2, -0.15) is 0 Å². The van der Waals surface area contributed by atoms with E-state index in [1.165, 1.54) is 12.8 Å². The highest BCUT2D eigenvalue weighted by atomic mass is 127. The van der Waals surface area contributed by atoms with E-state index >= 15 is 0 Å². The van der Waals surface area contributed by atoms with E-state index < -0.39 is 0 Å². The summed E-state index contributed by atoms with van der Waals surface area (Å²) in [5.74, 6) is 1.83. The lowest BCUT2D eigenvalue weighted by atomic mass is 9.84. The first-order valence-corrected chi connectivity index (χ1v) is 9.07. The largest absolute Gasteiger partial charge is 0.356 e. The molecule has 1 rings (SSSR count). The van der Waals surface area contributed by atoms with E-state index in [2.05, 4.69) is 29.5 Å². The minimum absolute atomic E-state index is 0. The molecule has 0 aromatic rings. The van der Waals surface area contributed by atoms with Crippen LogP contribution in [0.5, 0.6) is 0 Å². The Bertz CT molecular complexity index is 390. The van der Waals surface area contributed by atoms with E-state index in [9.17, 15) is 4.79 Å². The maximum absolute atomic E-state index is 12.6. The molecule has 2 N–H and O–H groups in total. The van der Waals surface area contributed by atoms with Crippen molar-refractivity contribution in [3.63, 3.8) is 0 Å². The molecular formula is C18H37IN4O. The second-order valence-electron chi connectivity index (χ2n) is 7.43. The van der Waals surface area contributed by atoms with Crippen LogP contribution in [0.3, 0.4) is 0 Å². The molecule has 0 unspecified atom stereocenters. The van der Waals surface area contributed by atoms with E-state index in [0.717, 1.165) is 50.5 Å². The average Bonchev–Trinajstić information content (AvgIpc) is 2.98. The summed E-state index contributed by atoms with van der Waals surface area (Å²) < 4.78 is 0. The Kier molecular flexibility index (Phi) is 11.7. The fourth-order valence-corrected chi connectivity index (χ4v) is 3.35. The molecule has 1 aliphatic carbocycles. The molecule has 0 bridgehead atoms. The molecule has 0 aliphatic heterocycles. The van der Waals surface area contributed by atoms with E-state index in [-0.39, 0.29) is 35.3 Å². The number of halogens is 1. The second-order valence-corrected chi connectivity index (χ2v) is 7.43. The molecule has 0 spiro atoms. The minimum atomic E-state index is -0.251. The Labute approximate surface area is 165 Å². The van der Waals surface area contributed by atoms with Gasteiger partial charge in [-0.3, -0.25) is 9.79 Å². The number of unbranched alkanes of at least 4 members (excludes halogenated alkanes) is 1. The van der Waals surface area contributed by atoms with Crippen molar-refractivity contribution in [2.24, 2.45) is 16.3 Å². The van der Waals surface area contributed by atoms with E-state index in [0.29, 0.717) is 6.54 Å². The minimum Gasteiger partial charge on any atom is -0.356 e. The SMILES string of the molecule is CN=C(NCCCCC(C)C)NCC1(C(=O)N(C)C)CCCC1.I. The van der Waals surface area contributed by atoms with Crippen molar-refractivity contribution >= 4 is 35.8 Å². The van der Waals surface area contributed by atoms with Gasteiger partial charge in [0.2, 0.25) is 5.91 Å². The van der Waals surface area contributed by atoms with Gasteiger partial charge in [0.05, 0.1) is 5.41 Å². The molecule has 5 nitrogen and oxygen atoms in total. The van der Waals surface area contributed by atoms with Crippen molar-refractivity contribution in [3.8, 4) is 0 Å². The molecule has 0 aromatic carbocycles. The lowest BCUT2D eigenvalue weighted by molar-refractivity contribution is -0.138. The third-order valence-corrected chi connectivity index (χ3v) is 4.74. The monoisotopic (exact) mass is 452 g/mol. The lowest BCUT2D eigenvalue weighted by Gasteiger charge is -2.31. The molecule has 1 aliphatic rings. The predicted octanol–water partition coefficient (Wildman–Crippen LogP) is 3.24. The summed E-state index contributed by atoms with van der Waals surface area (Å²) in [5, 5.41) is 6.75. The van der Waals surface area contributed by atoms with Crippen LogP contribution in [-0.2, 0) is 4.79 Å². The molecule has 0 radical (unpaired) electrons. The van der Waals surface area contributed by atoms with Gasteiger partial charge in [0.15, 0.2) is 5.96 Å².